The highest BCUT2D eigenvalue weighted by molar-refractivity contribution is 6.01. The normalized spacial score (nSPS) is 19.7. The zero-order valence-corrected chi connectivity index (χ0v) is 18.8. The Labute approximate surface area is 196 Å². The van der Waals surface area contributed by atoms with E-state index in [9.17, 15) is 14.4 Å². The maximum absolute atomic E-state index is 12.9. The number of carbonyl (C=O) groups is 3. The molecule has 2 aromatic heterocycles. The molecule has 0 unspecified atom stereocenters. The van der Waals surface area contributed by atoms with Crippen molar-refractivity contribution in [3.8, 4) is 0 Å². The number of H-pyrrole nitrogens is 1. The van der Waals surface area contributed by atoms with E-state index in [1.165, 1.54) is 26.5 Å². The van der Waals surface area contributed by atoms with Gasteiger partial charge >= 0.3 is 6.03 Å². The smallest absolute Gasteiger partial charge is 0.342 e. The molecule has 1 aromatic carbocycles. The van der Waals surface area contributed by atoms with Gasteiger partial charge in [0.2, 0.25) is 5.91 Å². The number of nitrogens with one attached hydrogen (secondary N) is 2. The van der Waals surface area contributed by atoms with Crippen molar-refractivity contribution < 1.29 is 14.4 Å². The molecule has 174 valence electrons. The Balaban J connectivity index is 1.10. The molecule has 0 radical (unpaired) electrons. The molecular formula is C25H26N6O3. The van der Waals surface area contributed by atoms with Crippen LogP contribution in [-0.4, -0.2) is 62.4 Å². The number of piperidine rings is 1. The van der Waals surface area contributed by atoms with Crippen molar-refractivity contribution in [1.29, 1.82) is 0 Å². The number of hydrazine groups is 1. The van der Waals surface area contributed by atoms with Crippen LogP contribution in [0.5, 0.6) is 0 Å². The Morgan fingerprint density at radius 3 is 2.71 bits per heavy atom. The lowest BCUT2D eigenvalue weighted by Gasteiger charge is -2.33. The van der Waals surface area contributed by atoms with E-state index in [4.69, 9.17) is 0 Å². The van der Waals surface area contributed by atoms with Gasteiger partial charge < -0.3 is 4.98 Å². The monoisotopic (exact) mass is 458 g/mol. The summed E-state index contributed by atoms with van der Waals surface area (Å²) in [6, 6.07) is 9.56. The largest absolute Gasteiger partial charge is 0.346 e. The molecule has 2 N–H and O–H groups in total. The molecule has 3 aliphatic rings. The van der Waals surface area contributed by atoms with E-state index >= 15 is 0 Å². The van der Waals surface area contributed by atoms with Crippen LogP contribution >= 0.6 is 0 Å². The number of hydrogen-bond acceptors (Lipinski definition) is 5. The molecule has 0 spiro atoms. The number of aromatic amines is 1. The van der Waals surface area contributed by atoms with Crippen LogP contribution in [0.1, 0.15) is 52.2 Å². The molecule has 9 heteroatoms. The lowest BCUT2D eigenvalue weighted by Crippen LogP contribution is -2.56. The van der Waals surface area contributed by atoms with Gasteiger partial charge in [0.05, 0.1) is 13.1 Å². The van der Waals surface area contributed by atoms with Gasteiger partial charge in [0.1, 0.15) is 5.65 Å². The lowest BCUT2D eigenvalue weighted by molar-refractivity contribution is -0.123. The van der Waals surface area contributed by atoms with Gasteiger partial charge in [0, 0.05) is 36.3 Å². The molecule has 9 nitrogen and oxygen atoms in total. The van der Waals surface area contributed by atoms with E-state index in [0.29, 0.717) is 18.0 Å². The van der Waals surface area contributed by atoms with Gasteiger partial charge in [-0.05, 0) is 66.7 Å². The van der Waals surface area contributed by atoms with E-state index < -0.39 is 6.03 Å². The second-order valence-electron chi connectivity index (χ2n) is 9.27. The Hall–Kier alpha value is -3.72. The van der Waals surface area contributed by atoms with E-state index in [0.717, 1.165) is 43.7 Å². The quantitative estimate of drug-likeness (QED) is 0.626. The highest BCUT2D eigenvalue weighted by Gasteiger charge is 2.37. The first-order chi connectivity index (χ1) is 16.6. The van der Waals surface area contributed by atoms with Crippen molar-refractivity contribution in [2.45, 2.75) is 38.3 Å². The fourth-order valence-electron chi connectivity index (χ4n) is 5.41. The SMILES string of the molecule is O=C1CCN(N2Cc3cc(CN4CCC(c5c[nH]c6ncccc56)CC4)ccc3C2=O)C(=O)N1. The van der Waals surface area contributed by atoms with E-state index in [1.54, 1.807) is 0 Å². The number of rotatable bonds is 4. The van der Waals surface area contributed by atoms with Crippen LogP contribution in [-0.2, 0) is 17.9 Å². The van der Waals surface area contributed by atoms with Crippen molar-refractivity contribution in [3.05, 3.63) is 65.0 Å². The van der Waals surface area contributed by atoms with Gasteiger partial charge in [0.15, 0.2) is 0 Å². The van der Waals surface area contributed by atoms with Crippen LogP contribution in [0.4, 0.5) is 4.79 Å². The molecule has 0 saturated carbocycles. The molecule has 5 heterocycles. The molecule has 0 atom stereocenters. The molecule has 3 aliphatic heterocycles. The van der Waals surface area contributed by atoms with Gasteiger partial charge in [-0.1, -0.05) is 12.1 Å². The molecule has 2 saturated heterocycles. The van der Waals surface area contributed by atoms with Crippen molar-refractivity contribution in [3.63, 3.8) is 0 Å². The molecule has 0 bridgehead atoms. The maximum atomic E-state index is 12.9. The second kappa shape index (κ2) is 8.25. The zero-order valence-electron chi connectivity index (χ0n) is 18.8. The summed E-state index contributed by atoms with van der Waals surface area (Å²) in [5.41, 5.74) is 5.03. The summed E-state index contributed by atoms with van der Waals surface area (Å²) in [4.78, 5) is 46.7. The number of urea groups is 1. The Kier molecular flexibility index (Phi) is 5.06. The third kappa shape index (κ3) is 3.62. The van der Waals surface area contributed by atoms with E-state index in [1.807, 2.05) is 24.4 Å². The van der Waals surface area contributed by atoms with E-state index in [2.05, 4.69) is 38.5 Å². The zero-order chi connectivity index (χ0) is 23.2. The average molecular weight is 459 g/mol. The first-order valence-corrected chi connectivity index (χ1v) is 11.8. The fourth-order valence-corrected chi connectivity index (χ4v) is 5.41. The topological polar surface area (TPSA) is 102 Å². The van der Waals surface area contributed by atoms with Gasteiger partial charge in [-0.15, -0.1) is 0 Å². The minimum atomic E-state index is -0.536. The Morgan fingerprint density at radius 2 is 1.88 bits per heavy atom. The van der Waals surface area contributed by atoms with Gasteiger partial charge in [-0.2, -0.15) is 0 Å². The van der Waals surface area contributed by atoms with Crippen molar-refractivity contribution in [1.82, 2.24) is 30.2 Å². The maximum Gasteiger partial charge on any atom is 0.342 e. The molecule has 2 fully saturated rings. The van der Waals surface area contributed by atoms with Crippen LogP contribution in [0.2, 0.25) is 0 Å². The van der Waals surface area contributed by atoms with Crippen molar-refractivity contribution in [2.75, 3.05) is 19.6 Å². The predicted octanol–water partition coefficient (Wildman–Crippen LogP) is 2.76. The van der Waals surface area contributed by atoms with E-state index in [-0.39, 0.29) is 24.8 Å². The first-order valence-electron chi connectivity index (χ1n) is 11.8. The van der Waals surface area contributed by atoms with Crippen molar-refractivity contribution in [2.24, 2.45) is 0 Å². The average Bonchev–Trinajstić information content (AvgIpc) is 3.41. The summed E-state index contributed by atoms with van der Waals surface area (Å²) in [6.07, 6.45) is 6.32. The summed E-state index contributed by atoms with van der Waals surface area (Å²) >= 11 is 0. The number of fused-ring (bicyclic) bond motifs is 2. The van der Waals surface area contributed by atoms with Crippen LogP contribution in [0, 0.1) is 0 Å². The molecule has 3 aromatic rings. The lowest BCUT2D eigenvalue weighted by atomic mass is 9.89. The second-order valence-corrected chi connectivity index (χ2v) is 9.27. The number of nitrogens with zero attached hydrogens (tertiary/aromatic N) is 4. The minimum Gasteiger partial charge on any atom is -0.346 e. The summed E-state index contributed by atoms with van der Waals surface area (Å²) in [7, 11) is 0. The Bertz CT molecular complexity index is 1290. The minimum absolute atomic E-state index is 0.194. The highest BCUT2D eigenvalue weighted by atomic mass is 16.2. The summed E-state index contributed by atoms with van der Waals surface area (Å²) in [5.74, 6) is 0.0286. The standard InChI is InChI=1S/C25H26N6O3/c32-22-7-11-30(25(34)28-22)31-15-18-12-16(3-4-19(18)24(31)33)14-29-9-5-17(6-10-29)21-13-27-23-20(21)2-1-8-26-23/h1-4,8,12-13,17H,5-7,9-11,14-15H2,(H,26,27)(H,28,32,34). The first kappa shape index (κ1) is 20.9. The predicted molar refractivity (Wildman–Crippen MR) is 125 cm³/mol. The Morgan fingerprint density at radius 1 is 1.03 bits per heavy atom. The number of amides is 4. The number of carbonyl (C=O) groups excluding carboxylic acids is 3. The third-order valence-corrected chi connectivity index (χ3v) is 7.19. The third-order valence-electron chi connectivity index (χ3n) is 7.19. The summed E-state index contributed by atoms with van der Waals surface area (Å²) in [6.45, 7) is 3.44. The van der Waals surface area contributed by atoms with Crippen LogP contribution < -0.4 is 5.32 Å². The molecule has 34 heavy (non-hydrogen) atoms. The van der Waals surface area contributed by atoms with Gasteiger partial charge in [-0.25, -0.2) is 19.8 Å². The van der Waals surface area contributed by atoms with Crippen LogP contribution in [0.3, 0.4) is 0 Å². The summed E-state index contributed by atoms with van der Waals surface area (Å²) in [5, 5.41) is 6.29. The van der Waals surface area contributed by atoms with Crippen molar-refractivity contribution >= 4 is 28.9 Å². The number of pyridine rings is 1. The molecular weight excluding hydrogens is 432 g/mol. The summed E-state index contributed by atoms with van der Waals surface area (Å²) < 4.78 is 0. The highest BCUT2D eigenvalue weighted by Crippen LogP contribution is 2.33. The molecule has 0 aliphatic carbocycles. The van der Waals surface area contributed by atoms with Crippen LogP contribution in [0.15, 0.2) is 42.7 Å². The number of likely N-dealkylation sites (tertiary alicyclic amines) is 1. The molecule has 6 rings (SSSR count). The van der Waals surface area contributed by atoms with Crippen LogP contribution in [0.25, 0.3) is 11.0 Å². The number of benzene rings is 1. The van der Waals surface area contributed by atoms with Gasteiger partial charge in [0.25, 0.3) is 5.91 Å². The van der Waals surface area contributed by atoms with Gasteiger partial charge in [-0.3, -0.25) is 19.8 Å². The fraction of sp³-hybridized carbons (Fsp3) is 0.360. The number of aromatic nitrogens is 2. The molecule has 4 amide bonds. The number of imide groups is 1. The number of hydrogen-bond donors (Lipinski definition) is 2.